The number of H-pyrrole nitrogens is 1. The number of rotatable bonds is 2. The zero-order valence-electron chi connectivity index (χ0n) is 9.62. The fourth-order valence-electron chi connectivity index (χ4n) is 3.52. The van der Waals surface area contributed by atoms with E-state index in [9.17, 15) is 24.2 Å². The van der Waals surface area contributed by atoms with E-state index in [4.69, 9.17) is 4.74 Å². The fourth-order valence-corrected chi connectivity index (χ4v) is 3.52. The van der Waals surface area contributed by atoms with Gasteiger partial charge in [-0.1, -0.05) is 0 Å². The average molecular weight is 270 g/mol. The maximum absolute atomic E-state index is 14.0. The van der Waals surface area contributed by atoms with Crippen molar-refractivity contribution in [3.8, 4) is 0 Å². The van der Waals surface area contributed by atoms with Gasteiger partial charge in [-0.15, -0.1) is 0 Å². The van der Waals surface area contributed by atoms with Crippen molar-refractivity contribution in [2.75, 3.05) is 6.61 Å². The van der Waals surface area contributed by atoms with E-state index in [1.54, 1.807) is 0 Å². The molecule has 2 saturated carbocycles. The molecule has 7 nitrogen and oxygen atoms in total. The van der Waals surface area contributed by atoms with E-state index in [0.717, 1.165) is 10.6 Å². The number of alkyl halides is 1. The van der Waals surface area contributed by atoms with E-state index < -0.39 is 53.3 Å². The number of aromatic amines is 1. The quantitative estimate of drug-likeness (QED) is 0.571. The topological polar surface area (TPSA) is 105 Å². The molecule has 6 atom stereocenters. The fraction of sp³-hybridized carbons (Fsp3) is 0.636. The summed E-state index contributed by atoms with van der Waals surface area (Å²) < 4.78 is 20.6. The highest BCUT2D eigenvalue weighted by atomic mass is 19.1. The van der Waals surface area contributed by atoms with Gasteiger partial charge in [0, 0.05) is 18.2 Å². The van der Waals surface area contributed by atoms with Crippen LogP contribution in [-0.2, 0) is 10.5 Å². The van der Waals surface area contributed by atoms with Crippen molar-refractivity contribution in [1.82, 2.24) is 9.55 Å². The summed E-state index contributed by atoms with van der Waals surface area (Å²) in [6, 6.07) is 1.10. The van der Waals surface area contributed by atoms with Gasteiger partial charge < -0.3 is 14.9 Å². The first-order valence-corrected chi connectivity index (χ1v) is 5.94. The molecule has 4 rings (SSSR count). The van der Waals surface area contributed by atoms with E-state index in [2.05, 4.69) is 0 Å². The van der Waals surface area contributed by atoms with Gasteiger partial charge in [0.05, 0.1) is 18.6 Å². The minimum absolute atomic E-state index is 0.429. The maximum atomic E-state index is 14.0. The van der Waals surface area contributed by atoms with Crippen molar-refractivity contribution in [3.63, 3.8) is 0 Å². The Kier molecular flexibility index (Phi) is 1.77. The van der Waals surface area contributed by atoms with Crippen molar-refractivity contribution in [2.45, 2.75) is 23.6 Å². The Hall–Kier alpha value is -1.51. The Morgan fingerprint density at radius 1 is 1.47 bits per heavy atom. The second-order valence-corrected chi connectivity index (χ2v) is 5.35. The first-order valence-electron chi connectivity index (χ1n) is 5.94. The lowest BCUT2D eigenvalue weighted by molar-refractivity contribution is -0.128. The number of aliphatic hydroxyl groups is 2. The molecule has 0 spiro atoms. The minimum Gasteiger partial charge on any atom is -0.393 e. The summed E-state index contributed by atoms with van der Waals surface area (Å²) in [5.74, 6) is -1.18. The van der Waals surface area contributed by atoms with Crippen LogP contribution < -0.4 is 11.2 Å². The molecule has 3 N–H and O–H groups in total. The second kappa shape index (κ2) is 2.97. The summed E-state index contributed by atoms with van der Waals surface area (Å²) in [4.78, 5) is 24.8. The van der Waals surface area contributed by atoms with E-state index in [0.29, 0.717) is 0 Å². The highest BCUT2D eigenvalue weighted by Crippen LogP contribution is 2.76. The van der Waals surface area contributed by atoms with E-state index in [1.807, 2.05) is 4.98 Å². The van der Waals surface area contributed by atoms with E-state index >= 15 is 0 Å². The number of nitrogens with one attached hydrogen (secondary N) is 1. The third-order valence-electron chi connectivity index (χ3n) is 4.56. The number of hydrogen-bond acceptors (Lipinski definition) is 5. The summed E-state index contributed by atoms with van der Waals surface area (Å²) in [7, 11) is 0. The van der Waals surface area contributed by atoms with Crippen molar-refractivity contribution >= 4 is 0 Å². The molecule has 0 aromatic carbocycles. The van der Waals surface area contributed by atoms with Gasteiger partial charge in [-0.2, -0.15) is 0 Å². The van der Waals surface area contributed by atoms with Crippen LogP contribution >= 0.6 is 0 Å². The molecule has 3 fully saturated rings. The standard InChI is InChI=1S/C11H11FN2O5/c12-7-5-6-8(17)10(6,3-15)19-11(5,7)14-2-1-4(16)13-9(14)18/h1-2,5-8,15,17H,3H2,(H,13,16,18)/t5?,6?,7-,8+,10+,11-/m0/s1. The zero-order valence-corrected chi connectivity index (χ0v) is 9.62. The lowest BCUT2D eigenvalue weighted by Crippen LogP contribution is -2.42. The second-order valence-electron chi connectivity index (χ2n) is 5.35. The van der Waals surface area contributed by atoms with Gasteiger partial charge in [-0.05, 0) is 0 Å². The van der Waals surface area contributed by atoms with Crippen LogP contribution in [-0.4, -0.2) is 44.2 Å². The van der Waals surface area contributed by atoms with Gasteiger partial charge in [0.1, 0.15) is 5.60 Å². The number of nitrogens with zero attached hydrogens (tertiary/aromatic N) is 1. The van der Waals surface area contributed by atoms with Crippen LogP contribution in [0.4, 0.5) is 4.39 Å². The highest BCUT2D eigenvalue weighted by molar-refractivity contribution is 5.34. The Morgan fingerprint density at radius 2 is 2.21 bits per heavy atom. The van der Waals surface area contributed by atoms with Crippen LogP contribution in [0.2, 0.25) is 0 Å². The third kappa shape index (κ3) is 1.01. The van der Waals surface area contributed by atoms with Crippen LogP contribution in [0.25, 0.3) is 0 Å². The summed E-state index contributed by atoms with van der Waals surface area (Å²) in [5.41, 5.74) is -4.00. The third-order valence-corrected chi connectivity index (χ3v) is 4.56. The Labute approximate surface area is 105 Å². The van der Waals surface area contributed by atoms with Crippen LogP contribution in [0.15, 0.2) is 21.9 Å². The van der Waals surface area contributed by atoms with Crippen LogP contribution in [0.1, 0.15) is 0 Å². The smallest absolute Gasteiger partial charge is 0.330 e. The SMILES string of the molecule is O=c1ccn([C@]23O[C@]4(CO)C(C2[C@@H]3F)[C@H]4O)c(=O)[nH]1. The molecule has 1 aromatic rings. The molecule has 102 valence electrons. The van der Waals surface area contributed by atoms with Gasteiger partial charge >= 0.3 is 5.69 Å². The summed E-state index contributed by atoms with van der Waals surface area (Å²) in [6.07, 6.45) is -1.16. The molecule has 1 aliphatic heterocycles. The van der Waals surface area contributed by atoms with E-state index in [1.165, 1.54) is 6.20 Å². The Bertz CT molecular complexity index is 686. The average Bonchev–Trinajstić information content (AvgIpc) is 3.08. The molecule has 2 aliphatic carbocycles. The van der Waals surface area contributed by atoms with Crippen molar-refractivity contribution in [2.24, 2.45) is 11.8 Å². The summed E-state index contributed by atoms with van der Waals surface area (Å²) >= 11 is 0. The molecule has 19 heavy (non-hydrogen) atoms. The van der Waals surface area contributed by atoms with Crippen LogP contribution in [0.3, 0.4) is 0 Å². The Balaban J connectivity index is 1.81. The van der Waals surface area contributed by atoms with E-state index in [-0.39, 0.29) is 0 Å². The molecule has 0 bridgehead atoms. The lowest BCUT2D eigenvalue weighted by Gasteiger charge is -2.23. The van der Waals surface area contributed by atoms with Crippen molar-refractivity contribution < 1.29 is 19.3 Å². The van der Waals surface area contributed by atoms with Crippen molar-refractivity contribution in [3.05, 3.63) is 33.1 Å². The predicted molar refractivity (Wildman–Crippen MR) is 58.1 cm³/mol. The van der Waals surface area contributed by atoms with Crippen LogP contribution in [0, 0.1) is 11.8 Å². The minimum atomic E-state index is -1.49. The van der Waals surface area contributed by atoms with Gasteiger partial charge in [0.15, 0.2) is 11.9 Å². The number of aliphatic hydroxyl groups excluding tert-OH is 2. The number of hydrogen-bond donors (Lipinski definition) is 3. The van der Waals surface area contributed by atoms with Crippen LogP contribution in [0.5, 0.6) is 0 Å². The largest absolute Gasteiger partial charge is 0.393 e. The molecule has 3 aliphatic rings. The predicted octanol–water partition coefficient (Wildman–Crippen LogP) is -2.09. The number of aromatic nitrogens is 2. The molecule has 0 amide bonds. The number of halogens is 1. The molecular formula is C11H11FN2O5. The van der Waals surface area contributed by atoms with Gasteiger partial charge in [-0.3, -0.25) is 14.3 Å². The molecule has 2 heterocycles. The first-order chi connectivity index (χ1) is 8.99. The highest BCUT2D eigenvalue weighted by Gasteiger charge is 2.92. The first kappa shape index (κ1) is 11.3. The van der Waals surface area contributed by atoms with Gasteiger partial charge in [0.25, 0.3) is 5.56 Å². The molecule has 1 aromatic heterocycles. The number of ether oxygens (including phenoxy) is 1. The van der Waals surface area contributed by atoms with Gasteiger partial charge in [-0.25, -0.2) is 9.18 Å². The normalized spacial score (nSPS) is 49.6. The monoisotopic (exact) mass is 270 g/mol. The molecule has 0 radical (unpaired) electrons. The molecule has 1 saturated heterocycles. The summed E-state index contributed by atoms with van der Waals surface area (Å²) in [5, 5.41) is 19.0. The van der Waals surface area contributed by atoms with Gasteiger partial charge in [0.2, 0.25) is 0 Å². The molecule has 2 unspecified atom stereocenters. The van der Waals surface area contributed by atoms with Crippen molar-refractivity contribution in [1.29, 1.82) is 0 Å². The Morgan fingerprint density at radius 3 is 2.84 bits per heavy atom. The number of fused-ring (bicyclic) bond motifs is 3. The molecular weight excluding hydrogens is 259 g/mol. The lowest BCUT2D eigenvalue weighted by atomic mass is 10.2. The zero-order chi connectivity index (χ0) is 13.6. The summed E-state index contributed by atoms with van der Waals surface area (Å²) in [6.45, 7) is -0.429. The molecule has 8 heteroatoms. The maximum Gasteiger partial charge on any atom is 0.330 e.